The van der Waals surface area contributed by atoms with Gasteiger partial charge in [0.05, 0.1) is 36.4 Å². The van der Waals surface area contributed by atoms with Crippen molar-refractivity contribution in [1.82, 2.24) is 14.5 Å². The standard InChI is InChI=1S/C24H26ClN3O4S/c1-32-22-10-6-4-8-18(22)24-26-20(16-33(2,30)31)21-15-27(13-14-28(21)24)23(29)12-11-17-7-3-5-9-19(17)25/h3-10H,11-16H2,1-2H3. The van der Waals surface area contributed by atoms with Crippen molar-refractivity contribution in [3.05, 3.63) is 70.5 Å². The van der Waals surface area contributed by atoms with Gasteiger partial charge in [0.25, 0.3) is 0 Å². The summed E-state index contributed by atoms with van der Waals surface area (Å²) in [7, 11) is -1.72. The highest BCUT2D eigenvalue weighted by Crippen LogP contribution is 2.33. The first kappa shape index (κ1) is 23.3. The van der Waals surface area contributed by atoms with E-state index in [1.165, 1.54) is 6.26 Å². The fraction of sp³-hybridized carbons (Fsp3) is 0.333. The maximum Gasteiger partial charge on any atom is 0.223 e. The van der Waals surface area contributed by atoms with E-state index in [0.717, 1.165) is 16.8 Å². The smallest absolute Gasteiger partial charge is 0.223 e. The molecule has 2 heterocycles. The second-order valence-corrected chi connectivity index (χ2v) is 10.7. The molecule has 33 heavy (non-hydrogen) atoms. The lowest BCUT2D eigenvalue weighted by Gasteiger charge is -2.30. The first-order valence-electron chi connectivity index (χ1n) is 10.7. The van der Waals surface area contributed by atoms with Gasteiger partial charge in [0.1, 0.15) is 11.6 Å². The van der Waals surface area contributed by atoms with Crippen LogP contribution in [0.3, 0.4) is 0 Å². The number of methoxy groups -OCH3 is 1. The molecule has 174 valence electrons. The number of ether oxygens (including phenoxy) is 1. The number of carbonyl (C=O) groups is 1. The van der Waals surface area contributed by atoms with Gasteiger partial charge in [-0.1, -0.05) is 41.9 Å². The van der Waals surface area contributed by atoms with Crippen LogP contribution < -0.4 is 4.74 Å². The maximum absolute atomic E-state index is 13.0. The Bertz CT molecular complexity index is 1290. The van der Waals surface area contributed by atoms with Crippen LogP contribution in [0.15, 0.2) is 48.5 Å². The number of benzene rings is 2. The summed E-state index contributed by atoms with van der Waals surface area (Å²) in [6, 6.07) is 15.0. The SMILES string of the molecule is COc1ccccc1-c1nc(CS(C)(=O)=O)c2n1CCN(C(=O)CCc1ccccc1Cl)C2. The number of rotatable bonds is 7. The minimum absolute atomic E-state index is 0.00603. The number of aromatic nitrogens is 2. The number of carbonyl (C=O) groups excluding carboxylic acids is 1. The molecule has 0 radical (unpaired) electrons. The second kappa shape index (κ2) is 9.57. The summed E-state index contributed by atoms with van der Waals surface area (Å²) in [5.41, 5.74) is 2.95. The van der Waals surface area contributed by atoms with Crippen LogP contribution in [0.1, 0.15) is 23.4 Å². The minimum atomic E-state index is -3.31. The molecule has 0 saturated heterocycles. The van der Waals surface area contributed by atoms with Crippen molar-refractivity contribution >= 4 is 27.3 Å². The Morgan fingerprint density at radius 2 is 1.85 bits per heavy atom. The van der Waals surface area contributed by atoms with E-state index >= 15 is 0 Å². The molecule has 0 bridgehead atoms. The third kappa shape index (κ3) is 5.23. The number of aryl methyl sites for hydroxylation is 1. The van der Waals surface area contributed by atoms with Crippen molar-refractivity contribution in [3.63, 3.8) is 0 Å². The second-order valence-electron chi connectivity index (χ2n) is 8.16. The van der Waals surface area contributed by atoms with E-state index in [2.05, 4.69) is 0 Å². The number of hydrogen-bond donors (Lipinski definition) is 0. The van der Waals surface area contributed by atoms with Gasteiger partial charge >= 0.3 is 0 Å². The fourth-order valence-corrected chi connectivity index (χ4v) is 5.11. The molecule has 0 N–H and O–H groups in total. The molecular formula is C24H26ClN3O4S. The largest absolute Gasteiger partial charge is 0.496 e. The lowest BCUT2D eigenvalue weighted by atomic mass is 10.1. The molecule has 4 rings (SSSR count). The van der Waals surface area contributed by atoms with E-state index in [1.54, 1.807) is 12.0 Å². The van der Waals surface area contributed by atoms with Gasteiger partial charge in [-0.2, -0.15) is 0 Å². The van der Waals surface area contributed by atoms with E-state index in [4.69, 9.17) is 21.3 Å². The van der Waals surface area contributed by atoms with Crippen LogP contribution in [0.2, 0.25) is 5.02 Å². The van der Waals surface area contributed by atoms with Gasteiger partial charge in [-0.3, -0.25) is 4.79 Å². The summed E-state index contributed by atoms with van der Waals surface area (Å²) in [4.78, 5) is 19.5. The summed E-state index contributed by atoms with van der Waals surface area (Å²) in [5, 5.41) is 0.652. The Labute approximate surface area is 198 Å². The number of fused-ring (bicyclic) bond motifs is 1. The van der Waals surface area contributed by atoms with Gasteiger partial charge in [-0.15, -0.1) is 0 Å². The molecule has 1 aliphatic rings. The third-order valence-corrected chi connectivity index (χ3v) is 6.92. The van der Waals surface area contributed by atoms with Gasteiger partial charge in [0.15, 0.2) is 9.84 Å². The summed E-state index contributed by atoms with van der Waals surface area (Å²) in [6.07, 6.45) is 2.08. The molecule has 0 unspecified atom stereocenters. The first-order valence-corrected chi connectivity index (χ1v) is 13.1. The molecule has 0 saturated carbocycles. The van der Waals surface area contributed by atoms with Crippen molar-refractivity contribution in [2.24, 2.45) is 0 Å². The molecule has 1 aromatic heterocycles. The average molecular weight is 488 g/mol. The molecule has 0 fully saturated rings. The number of halogens is 1. The van der Waals surface area contributed by atoms with E-state index < -0.39 is 9.84 Å². The molecule has 3 aromatic rings. The Kier molecular flexibility index (Phi) is 6.76. The molecule has 7 nitrogen and oxygen atoms in total. The van der Waals surface area contributed by atoms with Gasteiger partial charge in [0, 0.05) is 30.8 Å². The van der Waals surface area contributed by atoms with E-state index in [-0.39, 0.29) is 11.7 Å². The van der Waals surface area contributed by atoms with Crippen molar-refractivity contribution in [2.45, 2.75) is 31.7 Å². The van der Waals surface area contributed by atoms with Gasteiger partial charge in [-0.05, 0) is 30.2 Å². The van der Waals surface area contributed by atoms with Crippen LogP contribution in [0.4, 0.5) is 0 Å². The molecule has 0 aliphatic carbocycles. The lowest BCUT2D eigenvalue weighted by molar-refractivity contribution is -0.132. The zero-order valence-corrected chi connectivity index (χ0v) is 20.2. The molecular weight excluding hydrogens is 462 g/mol. The molecule has 1 aliphatic heterocycles. The Morgan fingerprint density at radius 1 is 1.12 bits per heavy atom. The van der Waals surface area contributed by atoms with Crippen LogP contribution in [0.5, 0.6) is 5.75 Å². The maximum atomic E-state index is 13.0. The summed E-state index contributed by atoms with van der Waals surface area (Å²) in [6.45, 7) is 1.36. The minimum Gasteiger partial charge on any atom is -0.496 e. The normalized spacial score (nSPS) is 13.6. The number of imidazole rings is 1. The Morgan fingerprint density at radius 3 is 2.58 bits per heavy atom. The van der Waals surface area contributed by atoms with Crippen LogP contribution in [-0.2, 0) is 39.9 Å². The Balaban J connectivity index is 1.62. The van der Waals surface area contributed by atoms with E-state index in [1.807, 2.05) is 53.1 Å². The van der Waals surface area contributed by atoms with Crippen molar-refractivity contribution in [3.8, 4) is 17.1 Å². The number of amides is 1. The average Bonchev–Trinajstić information content (AvgIpc) is 3.14. The van der Waals surface area contributed by atoms with Gasteiger partial charge < -0.3 is 14.2 Å². The highest BCUT2D eigenvalue weighted by atomic mass is 35.5. The highest BCUT2D eigenvalue weighted by molar-refractivity contribution is 7.89. The van der Waals surface area contributed by atoms with Crippen LogP contribution in [-0.4, -0.2) is 48.7 Å². The van der Waals surface area contributed by atoms with Crippen molar-refractivity contribution < 1.29 is 17.9 Å². The Hall–Kier alpha value is -2.84. The lowest BCUT2D eigenvalue weighted by Crippen LogP contribution is -2.38. The number of para-hydroxylation sites is 1. The fourth-order valence-electron chi connectivity index (χ4n) is 4.15. The predicted octanol–water partition coefficient (Wildman–Crippen LogP) is 3.73. The molecule has 0 atom stereocenters. The number of nitrogens with zero attached hydrogens (tertiary/aromatic N) is 3. The molecule has 9 heteroatoms. The van der Waals surface area contributed by atoms with Gasteiger partial charge in [-0.25, -0.2) is 13.4 Å². The van der Waals surface area contributed by atoms with Crippen LogP contribution in [0.25, 0.3) is 11.4 Å². The molecule has 1 amide bonds. The van der Waals surface area contributed by atoms with Crippen molar-refractivity contribution in [1.29, 1.82) is 0 Å². The third-order valence-electron chi connectivity index (χ3n) is 5.76. The van der Waals surface area contributed by atoms with E-state index in [0.29, 0.717) is 54.8 Å². The zero-order valence-electron chi connectivity index (χ0n) is 18.6. The highest BCUT2D eigenvalue weighted by Gasteiger charge is 2.29. The van der Waals surface area contributed by atoms with Crippen LogP contribution >= 0.6 is 11.6 Å². The summed E-state index contributed by atoms with van der Waals surface area (Å²) in [5.74, 6) is 1.14. The first-order chi connectivity index (χ1) is 15.8. The topological polar surface area (TPSA) is 81.5 Å². The van der Waals surface area contributed by atoms with Gasteiger partial charge in [0.2, 0.25) is 5.91 Å². The predicted molar refractivity (Wildman–Crippen MR) is 128 cm³/mol. The van der Waals surface area contributed by atoms with Crippen molar-refractivity contribution in [2.75, 3.05) is 19.9 Å². The molecule has 2 aromatic carbocycles. The van der Waals surface area contributed by atoms with Crippen LogP contribution in [0, 0.1) is 0 Å². The molecule has 0 spiro atoms. The van der Waals surface area contributed by atoms with E-state index in [9.17, 15) is 13.2 Å². The summed E-state index contributed by atoms with van der Waals surface area (Å²) >= 11 is 6.22. The monoisotopic (exact) mass is 487 g/mol. The number of hydrogen-bond acceptors (Lipinski definition) is 5. The zero-order chi connectivity index (χ0) is 23.6. The quantitative estimate of drug-likeness (QED) is 0.507. The number of sulfone groups is 1. The summed E-state index contributed by atoms with van der Waals surface area (Å²) < 4.78 is 31.7.